The van der Waals surface area contributed by atoms with Gasteiger partial charge in [0.2, 0.25) is 5.91 Å². The molecule has 2 N–H and O–H groups in total. The highest BCUT2D eigenvalue weighted by atomic mass is 32.2. The Morgan fingerprint density at radius 3 is 2.73 bits per heavy atom. The monoisotopic (exact) mass is 342 g/mol. The Hall–Kier alpha value is -1.93. The summed E-state index contributed by atoms with van der Waals surface area (Å²) in [5.74, 6) is -0.920. The molecular formula is C14H15FN2O3S2. The van der Waals surface area contributed by atoms with Crippen LogP contribution in [0.2, 0.25) is 0 Å². The number of sulfone groups is 1. The number of carbonyl (C=O) groups is 1. The molecule has 2 aromatic rings. The summed E-state index contributed by atoms with van der Waals surface area (Å²) in [5.41, 5.74) is -0.0193. The molecule has 1 heterocycles. The maximum atomic E-state index is 13.6. The fourth-order valence-electron chi connectivity index (χ4n) is 1.71. The molecule has 0 unspecified atom stereocenters. The molecule has 0 aliphatic rings. The third-order valence-corrected chi connectivity index (χ3v) is 4.83. The summed E-state index contributed by atoms with van der Waals surface area (Å²) in [6.07, 6.45) is 1.04. The topological polar surface area (TPSA) is 75.3 Å². The van der Waals surface area contributed by atoms with E-state index in [1.165, 1.54) is 23.5 Å². The van der Waals surface area contributed by atoms with Crippen LogP contribution in [0.15, 0.2) is 40.6 Å². The van der Waals surface area contributed by atoms with Crippen molar-refractivity contribution in [1.82, 2.24) is 5.32 Å². The first-order valence-electron chi connectivity index (χ1n) is 6.39. The van der Waals surface area contributed by atoms with Crippen LogP contribution in [-0.2, 0) is 21.2 Å². The number of rotatable bonds is 6. The van der Waals surface area contributed by atoms with E-state index < -0.39 is 15.7 Å². The van der Waals surface area contributed by atoms with Gasteiger partial charge in [-0.05, 0) is 29.6 Å². The van der Waals surface area contributed by atoms with Gasteiger partial charge >= 0.3 is 0 Å². The lowest BCUT2D eigenvalue weighted by Gasteiger charge is -2.09. The minimum atomic E-state index is -3.43. The first-order valence-corrected chi connectivity index (χ1v) is 9.16. The number of carbonyl (C=O) groups excluding carboxylic acids is 1. The summed E-state index contributed by atoms with van der Waals surface area (Å²) < 4.78 is 36.5. The van der Waals surface area contributed by atoms with Crippen LogP contribution >= 0.6 is 11.3 Å². The molecule has 1 amide bonds. The summed E-state index contributed by atoms with van der Waals surface area (Å²) >= 11 is 1.52. The van der Waals surface area contributed by atoms with Crippen molar-refractivity contribution < 1.29 is 17.6 Å². The summed E-state index contributed by atoms with van der Waals surface area (Å²) in [7, 11) is -3.43. The number of halogens is 1. The zero-order valence-corrected chi connectivity index (χ0v) is 13.4. The van der Waals surface area contributed by atoms with E-state index in [9.17, 15) is 17.6 Å². The number of nitrogens with one attached hydrogen (secondary N) is 2. The van der Waals surface area contributed by atoms with E-state index in [1.54, 1.807) is 0 Å². The molecule has 8 heteroatoms. The third-order valence-electron chi connectivity index (χ3n) is 2.85. The Bertz CT molecular complexity index is 758. The van der Waals surface area contributed by atoms with Crippen LogP contribution < -0.4 is 10.6 Å². The first-order chi connectivity index (χ1) is 10.4. The van der Waals surface area contributed by atoms with Gasteiger partial charge in [0.15, 0.2) is 9.84 Å². The molecule has 0 saturated heterocycles. The van der Waals surface area contributed by atoms with Gasteiger partial charge in [0, 0.05) is 11.1 Å². The van der Waals surface area contributed by atoms with Gasteiger partial charge in [-0.3, -0.25) is 4.79 Å². The van der Waals surface area contributed by atoms with Crippen molar-refractivity contribution in [2.24, 2.45) is 0 Å². The van der Waals surface area contributed by atoms with Gasteiger partial charge in [0.1, 0.15) is 5.82 Å². The molecule has 2 rings (SSSR count). The molecule has 0 atom stereocenters. The Morgan fingerprint density at radius 1 is 1.32 bits per heavy atom. The van der Waals surface area contributed by atoms with Gasteiger partial charge in [-0.2, -0.15) is 0 Å². The number of thiophene rings is 1. The van der Waals surface area contributed by atoms with Gasteiger partial charge in [-0.25, -0.2) is 12.8 Å². The molecule has 0 aliphatic carbocycles. The van der Waals surface area contributed by atoms with Crippen LogP contribution in [0.25, 0.3) is 0 Å². The highest BCUT2D eigenvalue weighted by Gasteiger charge is 2.12. The largest absolute Gasteiger partial charge is 0.374 e. The summed E-state index contributed by atoms with van der Waals surface area (Å²) in [6.45, 7) is 0.263. The van der Waals surface area contributed by atoms with Gasteiger partial charge in [0.25, 0.3) is 0 Å². The smallest absolute Gasteiger partial charge is 0.239 e. The molecule has 0 bridgehead atoms. The van der Waals surface area contributed by atoms with E-state index in [2.05, 4.69) is 10.6 Å². The molecule has 1 aromatic carbocycles. The molecule has 0 aliphatic heterocycles. The fraction of sp³-hybridized carbons (Fsp3) is 0.214. The van der Waals surface area contributed by atoms with Crippen molar-refractivity contribution in [3.63, 3.8) is 0 Å². The van der Waals surface area contributed by atoms with Crippen molar-refractivity contribution in [3.8, 4) is 0 Å². The maximum absolute atomic E-state index is 13.6. The Labute approximate surface area is 132 Å². The third kappa shape index (κ3) is 4.54. The van der Waals surface area contributed by atoms with E-state index in [0.717, 1.165) is 17.2 Å². The van der Waals surface area contributed by atoms with E-state index >= 15 is 0 Å². The van der Waals surface area contributed by atoms with Gasteiger partial charge in [0.05, 0.1) is 23.7 Å². The minimum absolute atomic E-state index is 0.00427. The lowest BCUT2D eigenvalue weighted by molar-refractivity contribution is -0.119. The predicted molar refractivity (Wildman–Crippen MR) is 84.2 cm³/mol. The van der Waals surface area contributed by atoms with Crippen LogP contribution in [0.5, 0.6) is 0 Å². The Morgan fingerprint density at radius 2 is 2.09 bits per heavy atom. The zero-order valence-electron chi connectivity index (χ0n) is 11.8. The normalized spacial score (nSPS) is 11.2. The second-order valence-electron chi connectivity index (χ2n) is 4.62. The molecule has 0 fully saturated rings. The predicted octanol–water partition coefficient (Wildman–Crippen LogP) is 2.02. The van der Waals surface area contributed by atoms with E-state index in [1.807, 2.05) is 17.5 Å². The van der Waals surface area contributed by atoms with Crippen molar-refractivity contribution in [2.45, 2.75) is 11.4 Å². The van der Waals surface area contributed by atoms with Gasteiger partial charge < -0.3 is 10.6 Å². The lowest BCUT2D eigenvalue weighted by atomic mass is 10.3. The standard InChI is InChI=1S/C14H15FN2O3S2/c1-22(19,20)11-4-5-12(15)13(7-11)16-9-14(18)17-8-10-3-2-6-21-10/h2-7,16H,8-9H2,1H3,(H,17,18). The van der Waals surface area contributed by atoms with Crippen molar-refractivity contribution in [1.29, 1.82) is 0 Å². The molecule has 22 heavy (non-hydrogen) atoms. The Balaban J connectivity index is 1.94. The molecule has 0 spiro atoms. The van der Waals surface area contributed by atoms with Crippen LogP contribution in [0.4, 0.5) is 10.1 Å². The van der Waals surface area contributed by atoms with Crippen LogP contribution in [0.3, 0.4) is 0 Å². The average Bonchev–Trinajstić information content (AvgIpc) is 2.96. The van der Waals surface area contributed by atoms with E-state index in [4.69, 9.17) is 0 Å². The SMILES string of the molecule is CS(=O)(=O)c1ccc(F)c(NCC(=O)NCc2cccs2)c1. The summed E-state index contributed by atoms with van der Waals surface area (Å²) in [6, 6.07) is 7.20. The zero-order chi connectivity index (χ0) is 16.2. The highest BCUT2D eigenvalue weighted by molar-refractivity contribution is 7.90. The molecule has 0 radical (unpaired) electrons. The van der Waals surface area contributed by atoms with Crippen molar-refractivity contribution in [2.75, 3.05) is 18.1 Å². The highest BCUT2D eigenvalue weighted by Crippen LogP contribution is 2.19. The summed E-state index contributed by atoms with van der Waals surface area (Å²) in [5, 5.41) is 7.20. The van der Waals surface area contributed by atoms with Crippen LogP contribution in [0.1, 0.15) is 4.88 Å². The van der Waals surface area contributed by atoms with E-state index in [-0.39, 0.29) is 23.0 Å². The molecule has 5 nitrogen and oxygen atoms in total. The number of anilines is 1. The van der Waals surface area contributed by atoms with E-state index in [0.29, 0.717) is 6.54 Å². The quantitative estimate of drug-likeness (QED) is 0.788. The Kier molecular flexibility index (Phi) is 5.15. The van der Waals surface area contributed by atoms with Crippen LogP contribution in [-0.4, -0.2) is 27.1 Å². The number of amides is 1. The molecular weight excluding hydrogens is 327 g/mol. The van der Waals surface area contributed by atoms with Crippen LogP contribution in [0, 0.1) is 5.82 Å². The number of hydrogen-bond acceptors (Lipinski definition) is 5. The number of benzene rings is 1. The minimum Gasteiger partial charge on any atom is -0.374 e. The second kappa shape index (κ2) is 6.89. The van der Waals surface area contributed by atoms with Crippen molar-refractivity contribution >= 4 is 32.8 Å². The second-order valence-corrected chi connectivity index (χ2v) is 7.67. The van der Waals surface area contributed by atoms with Crippen molar-refractivity contribution in [3.05, 3.63) is 46.4 Å². The van der Waals surface area contributed by atoms with Gasteiger partial charge in [-0.1, -0.05) is 6.07 Å². The fourth-order valence-corrected chi connectivity index (χ4v) is 3.00. The molecule has 118 valence electrons. The summed E-state index contributed by atoms with van der Waals surface area (Å²) in [4.78, 5) is 12.7. The average molecular weight is 342 g/mol. The molecule has 1 aromatic heterocycles. The molecule has 0 saturated carbocycles. The first kappa shape index (κ1) is 16.4. The lowest BCUT2D eigenvalue weighted by Crippen LogP contribution is -2.29. The van der Waals surface area contributed by atoms with Gasteiger partial charge in [-0.15, -0.1) is 11.3 Å². The number of hydrogen-bond donors (Lipinski definition) is 2. The maximum Gasteiger partial charge on any atom is 0.239 e.